The second kappa shape index (κ2) is 5.43. The molecule has 2 atom stereocenters. The quantitative estimate of drug-likeness (QED) is 0.727. The highest BCUT2D eigenvalue weighted by molar-refractivity contribution is 9.09. The summed E-state index contributed by atoms with van der Waals surface area (Å²) >= 11 is 3.67. The normalized spacial score (nSPS) is 24.1. The fraction of sp³-hybridized carbons (Fsp3) is 0.533. The van der Waals surface area contributed by atoms with Gasteiger partial charge in [-0.25, -0.2) is 0 Å². The van der Waals surface area contributed by atoms with Crippen LogP contribution in [0.1, 0.15) is 34.8 Å². The number of amides is 1. The lowest BCUT2D eigenvalue weighted by atomic mass is 9.97. The first-order chi connectivity index (χ1) is 8.49. The second-order valence-corrected chi connectivity index (χ2v) is 6.53. The molecule has 18 heavy (non-hydrogen) atoms. The maximum Gasteiger partial charge on any atom is 0.254 e. The van der Waals surface area contributed by atoms with E-state index in [1.807, 2.05) is 24.0 Å². The molecule has 2 nitrogen and oxygen atoms in total. The Balaban J connectivity index is 2.16. The average molecular weight is 310 g/mol. The van der Waals surface area contributed by atoms with Crippen molar-refractivity contribution < 1.29 is 4.79 Å². The summed E-state index contributed by atoms with van der Waals surface area (Å²) in [7, 11) is 0. The van der Waals surface area contributed by atoms with Crippen molar-refractivity contribution in [3.05, 3.63) is 34.9 Å². The van der Waals surface area contributed by atoms with Gasteiger partial charge >= 0.3 is 0 Å². The number of piperidine rings is 1. The number of carbonyl (C=O) groups excluding carboxylic acids is 1. The van der Waals surface area contributed by atoms with Crippen LogP contribution in [0.4, 0.5) is 0 Å². The highest BCUT2D eigenvalue weighted by Crippen LogP contribution is 2.25. The lowest BCUT2D eigenvalue weighted by molar-refractivity contribution is 0.0705. The van der Waals surface area contributed by atoms with Crippen LogP contribution in [0.15, 0.2) is 18.2 Å². The van der Waals surface area contributed by atoms with Crippen molar-refractivity contribution in [1.29, 1.82) is 0 Å². The zero-order chi connectivity index (χ0) is 13.3. The van der Waals surface area contributed by atoms with Crippen LogP contribution in [-0.2, 0) is 0 Å². The van der Waals surface area contributed by atoms with Gasteiger partial charge in [0, 0.05) is 23.5 Å². The number of hydrogen-bond acceptors (Lipinski definition) is 1. The maximum atomic E-state index is 12.5. The predicted molar refractivity (Wildman–Crippen MR) is 78.3 cm³/mol. The number of likely N-dealkylation sites (tertiary alicyclic amines) is 1. The monoisotopic (exact) mass is 309 g/mol. The second-order valence-electron chi connectivity index (χ2n) is 5.35. The third-order valence-electron chi connectivity index (χ3n) is 3.77. The fourth-order valence-corrected chi connectivity index (χ4v) is 3.04. The molecule has 3 heteroatoms. The van der Waals surface area contributed by atoms with Crippen LogP contribution in [-0.4, -0.2) is 28.7 Å². The van der Waals surface area contributed by atoms with Crippen LogP contribution in [0.2, 0.25) is 0 Å². The molecule has 1 aromatic rings. The highest BCUT2D eigenvalue weighted by atomic mass is 79.9. The standard InChI is InChI=1S/C15H20BrNO/c1-10-4-5-13(12(3)8-10)15(18)17-7-6-11(2)14(16)9-17/h4-5,8,11,14H,6-7,9H2,1-3H3. The minimum Gasteiger partial charge on any atom is -0.337 e. The molecule has 2 unspecified atom stereocenters. The van der Waals surface area contributed by atoms with E-state index in [4.69, 9.17) is 0 Å². The molecule has 0 radical (unpaired) electrons. The van der Waals surface area contributed by atoms with E-state index in [0.717, 1.165) is 30.6 Å². The van der Waals surface area contributed by atoms with E-state index in [-0.39, 0.29) is 5.91 Å². The van der Waals surface area contributed by atoms with Gasteiger partial charge in [-0.05, 0) is 37.8 Å². The first kappa shape index (κ1) is 13.6. The van der Waals surface area contributed by atoms with Crippen LogP contribution < -0.4 is 0 Å². The van der Waals surface area contributed by atoms with E-state index in [2.05, 4.69) is 35.8 Å². The van der Waals surface area contributed by atoms with Gasteiger partial charge in [0.05, 0.1) is 0 Å². The van der Waals surface area contributed by atoms with E-state index in [1.54, 1.807) is 0 Å². The molecule has 1 aliphatic heterocycles. The summed E-state index contributed by atoms with van der Waals surface area (Å²) in [5.74, 6) is 0.817. The molecule has 0 spiro atoms. The van der Waals surface area contributed by atoms with Crippen LogP contribution in [0.5, 0.6) is 0 Å². The Morgan fingerprint density at radius 2 is 2.11 bits per heavy atom. The van der Waals surface area contributed by atoms with Gasteiger partial charge in [-0.2, -0.15) is 0 Å². The molecule has 1 fully saturated rings. The van der Waals surface area contributed by atoms with Gasteiger partial charge in [0.1, 0.15) is 0 Å². The molecule has 1 aliphatic rings. The number of alkyl halides is 1. The average Bonchev–Trinajstić information content (AvgIpc) is 2.32. The van der Waals surface area contributed by atoms with Crippen molar-refractivity contribution >= 4 is 21.8 Å². The molecule has 1 heterocycles. The molecule has 1 aromatic carbocycles. The van der Waals surface area contributed by atoms with Gasteiger partial charge in [-0.3, -0.25) is 4.79 Å². The van der Waals surface area contributed by atoms with Gasteiger partial charge in [-0.1, -0.05) is 40.5 Å². The first-order valence-corrected chi connectivity index (χ1v) is 7.41. The number of benzene rings is 1. The highest BCUT2D eigenvalue weighted by Gasteiger charge is 2.28. The molecule has 2 rings (SSSR count). The van der Waals surface area contributed by atoms with E-state index in [9.17, 15) is 4.79 Å². The van der Waals surface area contributed by atoms with E-state index < -0.39 is 0 Å². The van der Waals surface area contributed by atoms with Gasteiger partial charge in [0.15, 0.2) is 0 Å². The molecule has 0 aliphatic carbocycles. The molecule has 0 aromatic heterocycles. The Morgan fingerprint density at radius 3 is 2.72 bits per heavy atom. The predicted octanol–water partition coefficient (Wildman–Crippen LogP) is 3.55. The van der Waals surface area contributed by atoms with Crippen molar-refractivity contribution in [1.82, 2.24) is 4.90 Å². The third-order valence-corrected chi connectivity index (χ3v) is 4.96. The van der Waals surface area contributed by atoms with E-state index in [0.29, 0.717) is 10.7 Å². The van der Waals surface area contributed by atoms with E-state index >= 15 is 0 Å². The van der Waals surface area contributed by atoms with Crippen molar-refractivity contribution in [3.8, 4) is 0 Å². The molecule has 0 saturated carbocycles. The molecular formula is C15H20BrNO. The molecule has 98 valence electrons. The number of nitrogens with zero attached hydrogens (tertiary/aromatic N) is 1. The Hall–Kier alpha value is -0.830. The summed E-state index contributed by atoms with van der Waals surface area (Å²) in [6.07, 6.45) is 1.08. The van der Waals surface area contributed by atoms with Crippen molar-refractivity contribution in [2.24, 2.45) is 5.92 Å². The SMILES string of the molecule is Cc1ccc(C(=O)N2CCC(C)C(Br)C2)c(C)c1. The number of halogens is 1. The molecular weight excluding hydrogens is 290 g/mol. The molecule has 0 bridgehead atoms. The fourth-order valence-electron chi connectivity index (χ4n) is 2.43. The van der Waals surface area contributed by atoms with E-state index in [1.165, 1.54) is 5.56 Å². The Kier molecular flexibility index (Phi) is 4.10. The van der Waals surface area contributed by atoms with Crippen LogP contribution in [0.3, 0.4) is 0 Å². The zero-order valence-electron chi connectivity index (χ0n) is 11.2. The minimum atomic E-state index is 0.170. The Labute approximate surface area is 117 Å². The van der Waals surface area contributed by atoms with Gasteiger partial charge < -0.3 is 4.90 Å². The minimum absolute atomic E-state index is 0.170. The number of aryl methyl sites for hydroxylation is 2. The Bertz CT molecular complexity index is 458. The summed E-state index contributed by atoms with van der Waals surface area (Å²) < 4.78 is 0. The number of carbonyl (C=O) groups is 1. The molecule has 1 amide bonds. The maximum absolute atomic E-state index is 12.5. The summed E-state index contributed by atoms with van der Waals surface area (Å²) in [6.45, 7) is 7.98. The Morgan fingerprint density at radius 1 is 1.39 bits per heavy atom. The summed E-state index contributed by atoms with van der Waals surface area (Å²) in [5, 5.41) is 0. The lowest BCUT2D eigenvalue weighted by Gasteiger charge is -2.34. The lowest BCUT2D eigenvalue weighted by Crippen LogP contribution is -2.43. The van der Waals surface area contributed by atoms with Crippen LogP contribution in [0, 0.1) is 19.8 Å². The first-order valence-electron chi connectivity index (χ1n) is 6.49. The largest absolute Gasteiger partial charge is 0.337 e. The number of hydrogen-bond donors (Lipinski definition) is 0. The van der Waals surface area contributed by atoms with Gasteiger partial charge in [0.25, 0.3) is 5.91 Å². The smallest absolute Gasteiger partial charge is 0.254 e. The van der Waals surface area contributed by atoms with Crippen molar-refractivity contribution in [3.63, 3.8) is 0 Å². The summed E-state index contributed by atoms with van der Waals surface area (Å²) in [6, 6.07) is 6.04. The van der Waals surface area contributed by atoms with Crippen molar-refractivity contribution in [2.75, 3.05) is 13.1 Å². The summed E-state index contributed by atoms with van der Waals surface area (Å²) in [5.41, 5.74) is 3.12. The third kappa shape index (κ3) is 2.77. The molecule has 0 N–H and O–H groups in total. The van der Waals surface area contributed by atoms with Crippen LogP contribution in [0.25, 0.3) is 0 Å². The number of rotatable bonds is 1. The molecule has 1 saturated heterocycles. The van der Waals surface area contributed by atoms with Gasteiger partial charge in [0.2, 0.25) is 0 Å². The van der Waals surface area contributed by atoms with Gasteiger partial charge in [-0.15, -0.1) is 0 Å². The van der Waals surface area contributed by atoms with Crippen LogP contribution >= 0.6 is 15.9 Å². The topological polar surface area (TPSA) is 20.3 Å². The summed E-state index contributed by atoms with van der Waals surface area (Å²) in [4.78, 5) is 14.9. The zero-order valence-corrected chi connectivity index (χ0v) is 12.8. The van der Waals surface area contributed by atoms with Crippen molar-refractivity contribution in [2.45, 2.75) is 32.0 Å².